The summed E-state index contributed by atoms with van der Waals surface area (Å²) in [6, 6.07) is 9.55. The molecule has 1 unspecified atom stereocenters. The number of likely N-dealkylation sites (tertiary alicyclic amines) is 1. The monoisotopic (exact) mass is 306 g/mol. The molecule has 3 rings (SSSR count). The zero-order valence-corrected chi connectivity index (χ0v) is 12.8. The molecular weight excluding hydrogens is 288 g/mol. The van der Waals surface area contributed by atoms with Gasteiger partial charge < -0.3 is 9.47 Å². The molecule has 0 N–H and O–H groups in total. The Labute approximate surface area is 135 Å². The molecule has 1 atom stereocenters. The van der Waals surface area contributed by atoms with Crippen LogP contribution in [0.25, 0.3) is 6.08 Å². The van der Waals surface area contributed by atoms with Crippen LogP contribution < -0.4 is 0 Å². The summed E-state index contributed by atoms with van der Waals surface area (Å²) in [6.45, 7) is 1.57. The molecule has 1 aromatic carbocycles. The number of carbonyl (C=O) groups is 1. The maximum atomic E-state index is 12.5. The van der Waals surface area contributed by atoms with Gasteiger partial charge in [0.1, 0.15) is 0 Å². The summed E-state index contributed by atoms with van der Waals surface area (Å²) >= 11 is 0. The number of imidazole rings is 1. The fourth-order valence-corrected chi connectivity index (χ4v) is 2.93. The summed E-state index contributed by atoms with van der Waals surface area (Å²) in [7, 11) is 0. The summed E-state index contributed by atoms with van der Waals surface area (Å²) in [4.78, 5) is 18.4. The number of nitriles is 1. The van der Waals surface area contributed by atoms with Crippen LogP contribution in [0.4, 0.5) is 0 Å². The van der Waals surface area contributed by atoms with Crippen LogP contribution in [0.15, 0.2) is 49.1 Å². The van der Waals surface area contributed by atoms with Crippen LogP contribution in [-0.4, -0.2) is 32.9 Å². The van der Waals surface area contributed by atoms with Gasteiger partial charge in [-0.2, -0.15) is 5.26 Å². The Morgan fingerprint density at radius 2 is 2.39 bits per heavy atom. The highest BCUT2D eigenvalue weighted by atomic mass is 16.2. The first kappa shape index (κ1) is 15.0. The molecule has 0 radical (unpaired) electrons. The first-order chi connectivity index (χ1) is 11.3. The molecule has 5 nitrogen and oxygen atoms in total. The van der Waals surface area contributed by atoms with Gasteiger partial charge in [0, 0.05) is 37.6 Å². The highest BCUT2D eigenvalue weighted by Gasteiger charge is 2.27. The molecular formula is C18H18N4O. The van der Waals surface area contributed by atoms with Crippen LogP contribution in [-0.2, 0) is 11.3 Å². The lowest BCUT2D eigenvalue weighted by Gasteiger charge is -2.23. The van der Waals surface area contributed by atoms with E-state index in [1.54, 1.807) is 36.8 Å². The van der Waals surface area contributed by atoms with E-state index in [-0.39, 0.29) is 11.9 Å². The summed E-state index contributed by atoms with van der Waals surface area (Å²) in [6.07, 6.45) is 10.9. The normalized spacial score (nSPS) is 17.5. The van der Waals surface area contributed by atoms with E-state index in [0.717, 1.165) is 31.5 Å². The smallest absolute Gasteiger partial charge is 0.246 e. The molecule has 1 fully saturated rings. The Hall–Kier alpha value is -2.87. The lowest BCUT2D eigenvalue weighted by Crippen LogP contribution is -2.36. The van der Waals surface area contributed by atoms with Gasteiger partial charge in [0.2, 0.25) is 5.91 Å². The van der Waals surface area contributed by atoms with Crippen LogP contribution in [0.1, 0.15) is 24.0 Å². The summed E-state index contributed by atoms with van der Waals surface area (Å²) < 4.78 is 2.01. The lowest BCUT2D eigenvalue weighted by molar-refractivity contribution is -0.126. The standard InChI is InChI=1S/C18H18N4O/c19-12-16-4-1-3-15(11-16)6-7-18(23)22-9-2-5-17(22)13-21-10-8-20-14-21/h1,3-4,6-8,10-11,14,17H,2,5,9,13H2/b7-6+. The molecule has 116 valence electrons. The number of rotatable bonds is 4. The summed E-state index contributed by atoms with van der Waals surface area (Å²) in [5.74, 6) is 0.0231. The second-order valence-electron chi connectivity index (χ2n) is 5.66. The number of nitrogens with zero attached hydrogens (tertiary/aromatic N) is 4. The minimum Gasteiger partial charge on any atom is -0.335 e. The molecule has 23 heavy (non-hydrogen) atoms. The largest absolute Gasteiger partial charge is 0.335 e. The van der Waals surface area contributed by atoms with Gasteiger partial charge in [0.25, 0.3) is 0 Å². The highest BCUT2D eigenvalue weighted by molar-refractivity contribution is 5.92. The molecule has 1 aliphatic rings. The number of benzene rings is 1. The van der Waals surface area contributed by atoms with Crippen LogP contribution in [0, 0.1) is 11.3 Å². The number of aromatic nitrogens is 2. The minimum atomic E-state index is 0.0231. The molecule has 1 aliphatic heterocycles. The van der Waals surface area contributed by atoms with E-state index in [9.17, 15) is 4.79 Å². The Kier molecular flexibility index (Phi) is 4.53. The van der Waals surface area contributed by atoms with E-state index >= 15 is 0 Å². The van der Waals surface area contributed by atoms with Crippen molar-refractivity contribution in [2.24, 2.45) is 0 Å². The molecule has 0 spiro atoms. The van der Waals surface area contributed by atoms with Gasteiger partial charge >= 0.3 is 0 Å². The predicted octanol–water partition coefficient (Wildman–Crippen LogP) is 2.46. The van der Waals surface area contributed by atoms with E-state index in [1.165, 1.54) is 0 Å². The number of amides is 1. The molecule has 5 heteroatoms. The fraction of sp³-hybridized carbons (Fsp3) is 0.278. The SMILES string of the molecule is N#Cc1cccc(/C=C/C(=O)N2CCCC2Cn2ccnc2)c1. The topological polar surface area (TPSA) is 61.9 Å². The molecule has 1 amide bonds. The quantitative estimate of drug-likeness (QED) is 0.815. The number of carbonyl (C=O) groups excluding carboxylic acids is 1. The van der Waals surface area contributed by atoms with Crippen molar-refractivity contribution in [2.75, 3.05) is 6.54 Å². The van der Waals surface area contributed by atoms with Gasteiger partial charge in [0.05, 0.1) is 18.0 Å². The van der Waals surface area contributed by atoms with Crippen molar-refractivity contribution in [1.29, 1.82) is 5.26 Å². The predicted molar refractivity (Wildman–Crippen MR) is 87.2 cm³/mol. The van der Waals surface area contributed by atoms with E-state index in [4.69, 9.17) is 5.26 Å². The van der Waals surface area contributed by atoms with Crippen LogP contribution >= 0.6 is 0 Å². The molecule has 1 aromatic heterocycles. The molecule has 0 bridgehead atoms. The lowest BCUT2D eigenvalue weighted by atomic mass is 10.1. The van der Waals surface area contributed by atoms with Crippen molar-refractivity contribution in [3.8, 4) is 6.07 Å². The zero-order valence-electron chi connectivity index (χ0n) is 12.8. The number of hydrogen-bond acceptors (Lipinski definition) is 3. The van der Waals surface area contributed by atoms with Crippen molar-refractivity contribution in [1.82, 2.24) is 14.5 Å². The van der Waals surface area contributed by atoms with Crippen LogP contribution in [0.5, 0.6) is 0 Å². The molecule has 0 saturated carbocycles. The molecule has 2 heterocycles. The van der Waals surface area contributed by atoms with Gasteiger partial charge in [-0.05, 0) is 36.6 Å². The van der Waals surface area contributed by atoms with Crippen molar-refractivity contribution < 1.29 is 4.79 Å². The first-order valence-corrected chi connectivity index (χ1v) is 7.71. The minimum absolute atomic E-state index is 0.0231. The second-order valence-corrected chi connectivity index (χ2v) is 5.66. The van der Waals surface area contributed by atoms with E-state index in [2.05, 4.69) is 11.1 Å². The average Bonchev–Trinajstić information content (AvgIpc) is 3.25. The Morgan fingerprint density at radius 3 is 3.17 bits per heavy atom. The maximum Gasteiger partial charge on any atom is 0.246 e. The van der Waals surface area contributed by atoms with Gasteiger partial charge in [0.15, 0.2) is 0 Å². The third-order valence-electron chi connectivity index (χ3n) is 4.08. The third-order valence-corrected chi connectivity index (χ3v) is 4.08. The average molecular weight is 306 g/mol. The van der Waals surface area contributed by atoms with E-state index < -0.39 is 0 Å². The number of hydrogen-bond donors (Lipinski definition) is 0. The van der Waals surface area contributed by atoms with E-state index in [0.29, 0.717) is 5.56 Å². The summed E-state index contributed by atoms with van der Waals surface area (Å²) in [5, 5.41) is 8.91. The molecule has 0 aliphatic carbocycles. The van der Waals surface area contributed by atoms with Crippen LogP contribution in [0.3, 0.4) is 0 Å². The van der Waals surface area contributed by atoms with Crippen molar-refractivity contribution >= 4 is 12.0 Å². The zero-order chi connectivity index (χ0) is 16.1. The molecule has 2 aromatic rings. The van der Waals surface area contributed by atoms with E-state index in [1.807, 2.05) is 27.8 Å². The van der Waals surface area contributed by atoms with Crippen molar-refractivity contribution in [3.63, 3.8) is 0 Å². The Balaban J connectivity index is 1.66. The van der Waals surface area contributed by atoms with Crippen LogP contribution in [0.2, 0.25) is 0 Å². The van der Waals surface area contributed by atoms with Gasteiger partial charge in [-0.1, -0.05) is 12.1 Å². The summed E-state index contributed by atoms with van der Waals surface area (Å²) in [5.41, 5.74) is 1.46. The Bertz CT molecular complexity index is 743. The first-order valence-electron chi connectivity index (χ1n) is 7.71. The van der Waals surface area contributed by atoms with Crippen molar-refractivity contribution in [3.05, 3.63) is 60.2 Å². The highest BCUT2D eigenvalue weighted by Crippen LogP contribution is 2.19. The molecule has 1 saturated heterocycles. The fourth-order valence-electron chi connectivity index (χ4n) is 2.93. The maximum absolute atomic E-state index is 12.5. The second kappa shape index (κ2) is 6.93. The van der Waals surface area contributed by atoms with Gasteiger partial charge in [-0.3, -0.25) is 4.79 Å². The van der Waals surface area contributed by atoms with Gasteiger partial charge in [-0.25, -0.2) is 4.98 Å². The Morgan fingerprint density at radius 1 is 1.48 bits per heavy atom. The third kappa shape index (κ3) is 3.67. The van der Waals surface area contributed by atoms with Crippen molar-refractivity contribution in [2.45, 2.75) is 25.4 Å². The van der Waals surface area contributed by atoms with Gasteiger partial charge in [-0.15, -0.1) is 0 Å².